The number of hydrogen-bond acceptors (Lipinski definition) is 2. The number of aldehydes is 1. The van der Waals surface area contributed by atoms with Gasteiger partial charge in [0.25, 0.3) is 0 Å². The highest BCUT2D eigenvalue weighted by Gasteiger charge is 2.57. The van der Waals surface area contributed by atoms with Gasteiger partial charge in [0.1, 0.15) is 12.4 Å². The highest BCUT2D eigenvalue weighted by Crippen LogP contribution is 2.63. The van der Waals surface area contributed by atoms with Crippen LogP contribution in [0.25, 0.3) is 0 Å². The second-order valence-corrected chi connectivity index (χ2v) is 4.01. The summed E-state index contributed by atoms with van der Waals surface area (Å²) >= 11 is 0. The molecule has 1 N–H and O–H groups in total. The molecule has 2 rings (SSSR count). The Bertz CT molecular complexity index is 170. The van der Waals surface area contributed by atoms with Gasteiger partial charge in [-0.25, -0.2) is 0 Å². The van der Waals surface area contributed by atoms with Crippen LogP contribution in [-0.2, 0) is 4.79 Å². The van der Waals surface area contributed by atoms with Crippen LogP contribution in [0.5, 0.6) is 0 Å². The van der Waals surface area contributed by atoms with E-state index in [-0.39, 0.29) is 0 Å². The van der Waals surface area contributed by atoms with Crippen LogP contribution in [-0.4, -0.2) is 17.5 Å². The summed E-state index contributed by atoms with van der Waals surface area (Å²) in [7, 11) is 0. The number of hydrogen-bond donors (Lipinski definition) is 1. The average molecular weight is 154 g/mol. The minimum absolute atomic E-state index is 0.308. The van der Waals surface area contributed by atoms with E-state index in [2.05, 4.69) is 0 Å². The van der Waals surface area contributed by atoms with Crippen LogP contribution in [0.1, 0.15) is 32.1 Å². The first-order valence-corrected chi connectivity index (χ1v) is 4.42. The van der Waals surface area contributed by atoms with Gasteiger partial charge < -0.3 is 9.90 Å². The Morgan fingerprint density at radius 2 is 2.09 bits per heavy atom. The van der Waals surface area contributed by atoms with E-state index < -0.39 is 6.10 Å². The molecule has 62 valence electrons. The van der Waals surface area contributed by atoms with E-state index in [4.69, 9.17) is 0 Å². The molecule has 0 aromatic heterocycles. The SMILES string of the molecule is O=CC(O)C1CC12CCCC2. The van der Waals surface area contributed by atoms with Crippen molar-refractivity contribution in [3.63, 3.8) is 0 Å². The van der Waals surface area contributed by atoms with Crippen molar-refractivity contribution in [1.29, 1.82) is 0 Å². The van der Waals surface area contributed by atoms with Crippen molar-refractivity contribution in [3.8, 4) is 0 Å². The number of rotatable bonds is 2. The van der Waals surface area contributed by atoms with E-state index in [9.17, 15) is 9.90 Å². The molecule has 2 unspecified atom stereocenters. The van der Waals surface area contributed by atoms with Crippen molar-refractivity contribution in [3.05, 3.63) is 0 Å². The monoisotopic (exact) mass is 154 g/mol. The standard InChI is InChI=1S/C9H14O2/c10-6-8(11)7-5-9(7)3-1-2-4-9/h6-8,11H,1-5H2. The summed E-state index contributed by atoms with van der Waals surface area (Å²) in [6, 6.07) is 0. The number of aliphatic hydroxyl groups is 1. The van der Waals surface area contributed by atoms with Gasteiger partial charge in [-0.2, -0.15) is 0 Å². The first kappa shape index (κ1) is 7.29. The quantitative estimate of drug-likeness (QED) is 0.605. The second-order valence-electron chi connectivity index (χ2n) is 4.01. The largest absolute Gasteiger partial charge is 0.385 e. The molecule has 0 saturated heterocycles. The molecule has 2 aliphatic rings. The molecular weight excluding hydrogens is 140 g/mol. The van der Waals surface area contributed by atoms with Crippen LogP contribution < -0.4 is 0 Å². The first-order chi connectivity index (χ1) is 5.28. The lowest BCUT2D eigenvalue weighted by Crippen LogP contribution is -2.15. The van der Waals surface area contributed by atoms with E-state index in [0.29, 0.717) is 17.6 Å². The second kappa shape index (κ2) is 2.31. The van der Waals surface area contributed by atoms with E-state index in [1.807, 2.05) is 0 Å². The van der Waals surface area contributed by atoms with Crippen LogP contribution in [0.3, 0.4) is 0 Å². The normalized spacial score (nSPS) is 35.5. The zero-order valence-corrected chi connectivity index (χ0v) is 6.62. The summed E-state index contributed by atoms with van der Waals surface area (Å²) in [5, 5.41) is 9.26. The number of aliphatic hydroxyl groups excluding tert-OH is 1. The summed E-state index contributed by atoms with van der Waals surface area (Å²) < 4.78 is 0. The lowest BCUT2D eigenvalue weighted by atomic mass is 10.00. The Labute approximate surface area is 66.6 Å². The average Bonchev–Trinajstić information content (AvgIpc) is 2.48. The molecule has 0 amide bonds. The zero-order valence-electron chi connectivity index (χ0n) is 6.62. The fourth-order valence-electron chi connectivity index (χ4n) is 2.61. The van der Waals surface area contributed by atoms with Crippen LogP contribution in [0, 0.1) is 11.3 Å². The van der Waals surface area contributed by atoms with Gasteiger partial charge in [-0.1, -0.05) is 12.8 Å². The highest BCUT2D eigenvalue weighted by molar-refractivity contribution is 5.57. The van der Waals surface area contributed by atoms with Crippen molar-refractivity contribution in [1.82, 2.24) is 0 Å². The third kappa shape index (κ3) is 1.00. The summed E-state index contributed by atoms with van der Waals surface area (Å²) in [6.07, 6.45) is 6.17. The van der Waals surface area contributed by atoms with Crippen LogP contribution in [0.4, 0.5) is 0 Å². The van der Waals surface area contributed by atoms with Crippen molar-refractivity contribution >= 4 is 6.29 Å². The Morgan fingerprint density at radius 3 is 2.64 bits per heavy atom. The molecule has 0 aromatic carbocycles. The molecule has 2 fully saturated rings. The zero-order chi connectivity index (χ0) is 7.90. The maximum atomic E-state index is 10.3. The van der Waals surface area contributed by atoms with Crippen molar-refractivity contribution in [2.45, 2.75) is 38.2 Å². The third-order valence-corrected chi connectivity index (χ3v) is 3.40. The molecule has 11 heavy (non-hydrogen) atoms. The first-order valence-electron chi connectivity index (χ1n) is 4.42. The van der Waals surface area contributed by atoms with Gasteiger partial charge in [-0.15, -0.1) is 0 Å². The van der Waals surface area contributed by atoms with Crippen molar-refractivity contribution in [2.75, 3.05) is 0 Å². The highest BCUT2D eigenvalue weighted by atomic mass is 16.3. The fraction of sp³-hybridized carbons (Fsp3) is 0.889. The molecule has 2 aliphatic carbocycles. The number of carbonyl (C=O) groups is 1. The van der Waals surface area contributed by atoms with Crippen molar-refractivity contribution < 1.29 is 9.90 Å². The lowest BCUT2D eigenvalue weighted by molar-refractivity contribution is -0.116. The van der Waals surface area contributed by atoms with Gasteiger partial charge in [0.2, 0.25) is 0 Å². The third-order valence-electron chi connectivity index (χ3n) is 3.40. The summed E-state index contributed by atoms with van der Waals surface area (Å²) in [6.45, 7) is 0. The molecule has 0 heterocycles. The molecular formula is C9H14O2. The van der Waals surface area contributed by atoms with E-state index in [1.54, 1.807) is 0 Å². The fourth-order valence-corrected chi connectivity index (χ4v) is 2.61. The predicted octanol–water partition coefficient (Wildman–Crippen LogP) is 1.13. The predicted molar refractivity (Wildman–Crippen MR) is 41.1 cm³/mol. The molecule has 2 saturated carbocycles. The summed E-state index contributed by atoms with van der Waals surface area (Å²) in [5.74, 6) is 0.308. The van der Waals surface area contributed by atoms with Gasteiger partial charge in [0.15, 0.2) is 0 Å². The smallest absolute Gasteiger partial charge is 0.148 e. The van der Waals surface area contributed by atoms with Gasteiger partial charge >= 0.3 is 0 Å². The van der Waals surface area contributed by atoms with Crippen LogP contribution >= 0.6 is 0 Å². The lowest BCUT2D eigenvalue weighted by Gasteiger charge is -2.08. The molecule has 1 spiro atoms. The molecule has 0 bridgehead atoms. The van der Waals surface area contributed by atoms with Gasteiger partial charge in [0, 0.05) is 0 Å². The van der Waals surface area contributed by atoms with Gasteiger partial charge in [0.05, 0.1) is 0 Å². The Morgan fingerprint density at radius 1 is 1.45 bits per heavy atom. The summed E-state index contributed by atoms with van der Waals surface area (Å²) in [4.78, 5) is 10.3. The maximum Gasteiger partial charge on any atom is 0.148 e. The van der Waals surface area contributed by atoms with E-state index in [0.717, 1.165) is 6.42 Å². The van der Waals surface area contributed by atoms with Crippen LogP contribution in [0.2, 0.25) is 0 Å². The molecule has 0 aromatic rings. The molecule has 0 aliphatic heterocycles. The molecule has 2 atom stereocenters. The molecule has 2 heteroatoms. The Kier molecular flexibility index (Phi) is 1.53. The minimum Gasteiger partial charge on any atom is -0.385 e. The Hall–Kier alpha value is -0.370. The molecule has 2 nitrogen and oxygen atoms in total. The van der Waals surface area contributed by atoms with E-state index >= 15 is 0 Å². The topological polar surface area (TPSA) is 37.3 Å². The van der Waals surface area contributed by atoms with Crippen molar-refractivity contribution in [2.24, 2.45) is 11.3 Å². The minimum atomic E-state index is -0.673. The van der Waals surface area contributed by atoms with Crippen LogP contribution in [0.15, 0.2) is 0 Å². The molecule has 0 radical (unpaired) electrons. The van der Waals surface area contributed by atoms with Gasteiger partial charge in [-0.3, -0.25) is 0 Å². The maximum absolute atomic E-state index is 10.3. The number of carbonyl (C=O) groups excluding carboxylic acids is 1. The van der Waals surface area contributed by atoms with E-state index in [1.165, 1.54) is 25.7 Å². The van der Waals surface area contributed by atoms with Gasteiger partial charge in [-0.05, 0) is 30.6 Å². The Balaban J connectivity index is 1.97. The summed E-state index contributed by atoms with van der Waals surface area (Å²) in [5.41, 5.74) is 0.403.